The standard InChI is InChI=1S/C19H26N4O2/c1-4-25-18-6-5-14(2)11-17(18)15(3)22-19(24)16(12-20)13-23-9-7-21-8-10-23/h5-6,11,13,15,21H,4,7-10H2,1-3H3,(H,22,24)/b16-13-. The van der Waals surface area contributed by atoms with E-state index in [1.807, 2.05) is 49.9 Å². The second-order valence-corrected chi connectivity index (χ2v) is 6.11. The topological polar surface area (TPSA) is 77.4 Å². The maximum absolute atomic E-state index is 12.5. The SMILES string of the molecule is CCOc1ccc(C)cc1C(C)NC(=O)/C(C#N)=C\N1CCNCC1. The molecule has 2 N–H and O–H groups in total. The monoisotopic (exact) mass is 342 g/mol. The second kappa shape index (κ2) is 9.09. The van der Waals surface area contributed by atoms with Gasteiger partial charge in [0.05, 0.1) is 12.6 Å². The van der Waals surface area contributed by atoms with E-state index in [1.165, 1.54) is 0 Å². The number of hydrogen-bond donors (Lipinski definition) is 2. The van der Waals surface area contributed by atoms with Crippen molar-refractivity contribution in [1.29, 1.82) is 5.26 Å². The third-order valence-corrected chi connectivity index (χ3v) is 4.11. The number of rotatable bonds is 6. The lowest BCUT2D eigenvalue weighted by atomic mass is 10.0. The van der Waals surface area contributed by atoms with Gasteiger partial charge in [0.15, 0.2) is 0 Å². The third kappa shape index (κ3) is 5.23. The Kier molecular flexibility index (Phi) is 6.84. The number of carbonyl (C=O) groups is 1. The van der Waals surface area contributed by atoms with Gasteiger partial charge >= 0.3 is 0 Å². The maximum Gasteiger partial charge on any atom is 0.263 e. The van der Waals surface area contributed by atoms with Gasteiger partial charge in [-0.25, -0.2) is 0 Å². The van der Waals surface area contributed by atoms with Crippen LogP contribution in [0.1, 0.15) is 31.0 Å². The smallest absolute Gasteiger partial charge is 0.263 e. The lowest BCUT2D eigenvalue weighted by molar-refractivity contribution is -0.117. The van der Waals surface area contributed by atoms with Gasteiger partial charge in [-0.15, -0.1) is 0 Å². The average molecular weight is 342 g/mol. The van der Waals surface area contributed by atoms with Crippen LogP contribution < -0.4 is 15.4 Å². The van der Waals surface area contributed by atoms with E-state index in [2.05, 4.69) is 10.6 Å². The van der Waals surface area contributed by atoms with E-state index in [0.29, 0.717) is 6.61 Å². The Morgan fingerprint density at radius 1 is 1.48 bits per heavy atom. The summed E-state index contributed by atoms with van der Waals surface area (Å²) in [5.41, 5.74) is 2.13. The van der Waals surface area contributed by atoms with Crippen molar-refractivity contribution in [3.05, 3.63) is 41.1 Å². The highest BCUT2D eigenvalue weighted by molar-refractivity contribution is 5.97. The molecule has 1 aromatic rings. The van der Waals surface area contributed by atoms with E-state index < -0.39 is 0 Å². The molecule has 1 atom stereocenters. The first kappa shape index (κ1) is 18.8. The Hall–Kier alpha value is -2.52. The van der Waals surface area contributed by atoms with Crippen LogP contribution in [0.5, 0.6) is 5.75 Å². The Bertz CT molecular complexity index is 672. The van der Waals surface area contributed by atoms with E-state index in [9.17, 15) is 10.1 Å². The van der Waals surface area contributed by atoms with Crippen LogP contribution in [-0.2, 0) is 4.79 Å². The second-order valence-electron chi connectivity index (χ2n) is 6.11. The van der Waals surface area contributed by atoms with Crippen molar-refractivity contribution >= 4 is 5.91 Å². The van der Waals surface area contributed by atoms with E-state index >= 15 is 0 Å². The number of nitrogens with one attached hydrogen (secondary N) is 2. The minimum Gasteiger partial charge on any atom is -0.494 e. The number of nitriles is 1. The molecule has 1 heterocycles. The van der Waals surface area contributed by atoms with E-state index in [0.717, 1.165) is 43.1 Å². The zero-order chi connectivity index (χ0) is 18.2. The fraction of sp³-hybridized carbons (Fsp3) is 0.474. The highest BCUT2D eigenvalue weighted by atomic mass is 16.5. The van der Waals surface area contributed by atoms with Crippen LogP contribution in [0.25, 0.3) is 0 Å². The molecule has 0 saturated carbocycles. The van der Waals surface area contributed by atoms with Gasteiger partial charge in [0.2, 0.25) is 0 Å². The zero-order valence-electron chi connectivity index (χ0n) is 15.1. The molecule has 0 spiro atoms. The molecule has 1 amide bonds. The predicted molar refractivity (Wildman–Crippen MR) is 97.0 cm³/mol. The van der Waals surface area contributed by atoms with Crippen LogP contribution in [0.3, 0.4) is 0 Å². The van der Waals surface area contributed by atoms with Crippen LogP contribution in [0.15, 0.2) is 30.0 Å². The van der Waals surface area contributed by atoms with Crippen LogP contribution >= 0.6 is 0 Å². The van der Waals surface area contributed by atoms with Crippen LogP contribution in [-0.4, -0.2) is 43.6 Å². The number of aryl methyl sites for hydroxylation is 1. The largest absolute Gasteiger partial charge is 0.494 e. The van der Waals surface area contributed by atoms with Crippen LogP contribution in [0, 0.1) is 18.3 Å². The maximum atomic E-state index is 12.5. The summed E-state index contributed by atoms with van der Waals surface area (Å²) in [6.45, 7) is 9.68. The molecule has 0 aromatic heterocycles. The highest BCUT2D eigenvalue weighted by Gasteiger charge is 2.18. The molecule has 1 aliphatic heterocycles. The van der Waals surface area contributed by atoms with Gasteiger partial charge < -0.3 is 20.3 Å². The number of amides is 1. The highest BCUT2D eigenvalue weighted by Crippen LogP contribution is 2.26. The summed E-state index contributed by atoms with van der Waals surface area (Å²) in [4.78, 5) is 14.5. The van der Waals surface area contributed by atoms with Crippen molar-refractivity contribution in [1.82, 2.24) is 15.5 Å². The van der Waals surface area contributed by atoms with E-state index in [-0.39, 0.29) is 17.5 Å². The Balaban J connectivity index is 2.12. The molecule has 2 rings (SSSR count). The summed E-state index contributed by atoms with van der Waals surface area (Å²) in [7, 11) is 0. The van der Waals surface area contributed by atoms with Crippen LogP contribution in [0.2, 0.25) is 0 Å². The molecule has 6 heteroatoms. The summed E-state index contributed by atoms with van der Waals surface area (Å²) in [5.74, 6) is 0.392. The summed E-state index contributed by atoms with van der Waals surface area (Å²) in [6.07, 6.45) is 1.66. The summed E-state index contributed by atoms with van der Waals surface area (Å²) < 4.78 is 5.66. The molecule has 1 unspecified atom stereocenters. The minimum atomic E-state index is -0.363. The lowest BCUT2D eigenvalue weighted by Crippen LogP contribution is -2.41. The number of carbonyl (C=O) groups excluding carboxylic acids is 1. The molecular weight excluding hydrogens is 316 g/mol. The van der Waals surface area contributed by atoms with Gasteiger partial charge in [-0.05, 0) is 26.8 Å². The minimum absolute atomic E-state index is 0.124. The molecule has 25 heavy (non-hydrogen) atoms. The molecule has 0 bridgehead atoms. The summed E-state index contributed by atoms with van der Waals surface area (Å²) in [6, 6.07) is 7.65. The average Bonchev–Trinajstić information content (AvgIpc) is 2.62. The van der Waals surface area contributed by atoms with Gasteiger partial charge in [0.25, 0.3) is 5.91 Å². The molecule has 1 aromatic carbocycles. The Labute approximate surface area is 149 Å². The molecule has 1 aliphatic rings. The lowest BCUT2D eigenvalue weighted by Gasteiger charge is -2.26. The van der Waals surface area contributed by atoms with E-state index in [1.54, 1.807) is 6.20 Å². The van der Waals surface area contributed by atoms with Crippen molar-refractivity contribution < 1.29 is 9.53 Å². The van der Waals surface area contributed by atoms with Crippen molar-refractivity contribution in [3.63, 3.8) is 0 Å². The molecule has 0 radical (unpaired) electrons. The zero-order valence-corrected chi connectivity index (χ0v) is 15.1. The molecule has 134 valence electrons. The third-order valence-electron chi connectivity index (χ3n) is 4.11. The van der Waals surface area contributed by atoms with Gasteiger partial charge in [0.1, 0.15) is 17.4 Å². The molecule has 1 saturated heterocycles. The molecule has 0 aliphatic carbocycles. The van der Waals surface area contributed by atoms with Crippen molar-refractivity contribution in [2.75, 3.05) is 32.8 Å². The number of hydrogen-bond acceptors (Lipinski definition) is 5. The van der Waals surface area contributed by atoms with Gasteiger partial charge in [-0.1, -0.05) is 17.7 Å². The Morgan fingerprint density at radius 2 is 2.20 bits per heavy atom. The number of nitrogens with zero attached hydrogens (tertiary/aromatic N) is 2. The summed E-state index contributed by atoms with van der Waals surface area (Å²) >= 11 is 0. The van der Waals surface area contributed by atoms with Gasteiger partial charge in [0, 0.05) is 37.9 Å². The summed E-state index contributed by atoms with van der Waals surface area (Å²) in [5, 5.41) is 15.5. The molecule has 6 nitrogen and oxygen atoms in total. The van der Waals surface area contributed by atoms with E-state index in [4.69, 9.17) is 4.74 Å². The number of piperazine rings is 1. The molecular formula is C19H26N4O2. The van der Waals surface area contributed by atoms with Crippen molar-refractivity contribution in [2.24, 2.45) is 0 Å². The fourth-order valence-corrected chi connectivity index (χ4v) is 2.78. The Morgan fingerprint density at radius 3 is 2.84 bits per heavy atom. The first-order valence-electron chi connectivity index (χ1n) is 8.66. The van der Waals surface area contributed by atoms with Gasteiger partial charge in [-0.2, -0.15) is 5.26 Å². The quantitative estimate of drug-likeness (QED) is 0.610. The molecule has 1 fully saturated rings. The van der Waals surface area contributed by atoms with Gasteiger partial charge in [-0.3, -0.25) is 4.79 Å². The first-order chi connectivity index (χ1) is 12.0. The fourth-order valence-electron chi connectivity index (χ4n) is 2.78. The van der Waals surface area contributed by atoms with Crippen molar-refractivity contribution in [2.45, 2.75) is 26.8 Å². The van der Waals surface area contributed by atoms with Crippen LogP contribution in [0.4, 0.5) is 0 Å². The normalized spacial score (nSPS) is 16.1. The first-order valence-corrected chi connectivity index (χ1v) is 8.66. The van der Waals surface area contributed by atoms with Crippen molar-refractivity contribution in [3.8, 4) is 11.8 Å². The number of benzene rings is 1. The number of ether oxygens (including phenoxy) is 1. The predicted octanol–water partition coefficient (Wildman–Crippen LogP) is 1.88.